The van der Waals surface area contributed by atoms with E-state index in [0.717, 1.165) is 19.6 Å². The van der Waals surface area contributed by atoms with Crippen molar-refractivity contribution in [3.63, 3.8) is 0 Å². The molecule has 0 aromatic carbocycles. The lowest BCUT2D eigenvalue weighted by atomic mass is 10.3. The fraction of sp³-hybridized carbons (Fsp3) is 1.00. The standard InChI is InChI=1S/C10H25NO3Si/c1-5-7-8-9-14-15(12-3,13-4)10-11-6-2/h11H,5-10H2,1-4H3. The SMILES string of the molecule is CCCCCO[Si](CNCC)(OC)OC. The summed E-state index contributed by atoms with van der Waals surface area (Å²) in [5.41, 5.74) is 0. The van der Waals surface area contributed by atoms with Crippen LogP contribution in [0.1, 0.15) is 33.1 Å². The molecule has 0 amide bonds. The summed E-state index contributed by atoms with van der Waals surface area (Å²) in [6, 6.07) is 0. The van der Waals surface area contributed by atoms with E-state index >= 15 is 0 Å². The van der Waals surface area contributed by atoms with Crippen molar-refractivity contribution in [2.75, 3.05) is 33.5 Å². The van der Waals surface area contributed by atoms with Crippen LogP contribution in [0.15, 0.2) is 0 Å². The molecular formula is C10H25NO3Si. The van der Waals surface area contributed by atoms with E-state index in [2.05, 4.69) is 19.2 Å². The van der Waals surface area contributed by atoms with Gasteiger partial charge in [-0.2, -0.15) is 0 Å². The summed E-state index contributed by atoms with van der Waals surface area (Å²) in [6.45, 7) is 5.87. The Hall–Kier alpha value is 0.0569. The van der Waals surface area contributed by atoms with Crippen LogP contribution >= 0.6 is 0 Å². The van der Waals surface area contributed by atoms with Gasteiger partial charge in [0.15, 0.2) is 0 Å². The van der Waals surface area contributed by atoms with E-state index < -0.39 is 8.80 Å². The number of nitrogens with one attached hydrogen (secondary N) is 1. The Morgan fingerprint density at radius 3 is 2.20 bits per heavy atom. The summed E-state index contributed by atoms with van der Waals surface area (Å²) >= 11 is 0. The number of rotatable bonds is 10. The second-order valence-corrected chi connectivity index (χ2v) is 6.25. The van der Waals surface area contributed by atoms with Gasteiger partial charge in [-0.05, 0) is 13.0 Å². The van der Waals surface area contributed by atoms with Gasteiger partial charge in [-0.25, -0.2) is 0 Å². The summed E-state index contributed by atoms with van der Waals surface area (Å²) in [4.78, 5) is 0. The quantitative estimate of drug-likeness (QED) is 0.461. The fourth-order valence-corrected chi connectivity index (χ4v) is 3.06. The van der Waals surface area contributed by atoms with Crippen LogP contribution in [0.4, 0.5) is 0 Å². The molecule has 0 fully saturated rings. The van der Waals surface area contributed by atoms with Gasteiger partial charge in [0.05, 0.1) is 6.17 Å². The van der Waals surface area contributed by atoms with Crippen LogP contribution in [0.5, 0.6) is 0 Å². The second-order valence-electron chi connectivity index (χ2n) is 3.43. The molecule has 1 N–H and O–H groups in total. The molecule has 4 nitrogen and oxygen atoms in total. The molecule has 0 aliphatic rings. The van der Waals surface area contributed by atoms with Gasteiger partial charge >= 0.3 is 8.80 Å². The van der Waals surface area contributed by atoms with E-state index in [1.165, 1.54) is 12.8 Å². The van der Waals surface area contributed by atoms with Crippen LogP contribution in [-0.4, -0.2) is 42.3 Å². The van der Waals surface area contributed by atoms with Crippen LogP contribution in [-0.2, 0) is 13.3 Å². The predicted octanol–water partition coefficient (Wildman–Crippen LogP) is 1.57. The monoisotopic (exact) mass is 235 g/mol. The van der Waals surface area contributed by atoms with Gasteiger partial charge in [-0.15, -0.1) is 0 Å². The molecule has 0 aromatic rings. The highest BCUT2D eigenvalue weighted by atomic mass is 28.4. The van der Waals surface area contributed by atoms with Gasteiger partial charge in [0, 0.05) is 20.8 Å². The molecule has 92 valence electrons. The fourth-order valence-electron chi connectivity index (χ4n) is 1.25. The predicted molar refractivity (Wildman–Crippen MR) is 63.8 cm³/mol. The molecule has 0 bridgehead atoms. The molecular weight excluding hydrogens is 210 g/mol. The smallest absolute Gasteiger partial charge is 0.376 e. The van der Waals surface area contributed by atoms with Gasteiger partial charge in [-0.3, -0.25) is 0 Å². The lowest BCUT2D eigenvalue weighted by molar-refractivity contribution is 0.0952. The zero-order chi connectivity index (χ0) is 11.6. The number of unbranched alkanes of at least 4 members (excludes halogenated alkanes) is 2. The van der Waals surface area contributed by atoms with E-state index in [9.17, 15) is 0 Å². The minimum Gasteiger partial charge on any atom is -0.376 e. The molecule has 0 aliphatic carbocycles. The van der Waals surface area contributed by atoms with Crippen LogP contribution in [0, 0.1) is 0 Å². The van der Waals surface area contributed by atoms with Crippen molar-refractivity contribution < 1.29 is 13.3 Å². The van der Waals surface area contributed by atoms with Crippen molar-refractivity contribution in [3.8, 4) is 0 Å². The first kappa shape index (κ1) is 15.1. The Morgan fingerprint density at radius 1 is 1.07 bits per heavy atom. The van der Waals surface area contributed by atoms with Crippen molar-refractivity contribution in [1.82, 2.24) is 5.32 Å². The van der Waals surface area contributed by atoms with Gasteiger partial charge in [0.2, 0.25) is 0 Å². The molecule has 0 unspecified atom stereocenters. The van der Waals surface area contributed by atoms with Gasteiger partial charge < -0.3 is 18.6 Å². The molecule has 0 aromatic heterocycles. The average molecular weight is 235 g/mol. The molecule has 0 atom stereocenters. The highest BCUT2D eigenvalue weighted by Gasteiger charge is 2.38. The zero-order valence-corrected chi connectivity index (χ0v) is 11.5. The largest absolute Gasteiger partial charge is 0.514 e. The van der Waals surface area contributed by atoms with E-state index in [4.69, 9.17) is 13.3 Å². The Kier molecular flexibility index (Phi) is 9.33. The third kappa shape index (κ3) is 6.27. The van der Waals surface area contributed by atoms with Gasteiger partial charge in [0.25, 0.3) is 0 Å². The lowest BCUT2D eigenvalue weighted by Crippen LogP contribution is -2.53. The number of hydrogen-bond donors (Lipinski definition) is 1. The molecule has 0 saturated carbocycles. The highest BCUT2D eigenvalue weighted by molar-refractivity contribution is 6.60. The third-order valence-corrected chi connectivity index (χ3v) is 4.85. The van der Waals surface area contributed by atoms with E-state index in [-0.39, 0.29) is 0 Å². The minimum atomic E-state index is -2.43. The maximum Gasteiger partial charge on any atom is 0.514 e. The molecule has 0 rings (SSSR count). The second kappa shape index (κ2) is 9.29. The first-order valence-electron chi connectivity index (χ1n) is 5.69. The lowest BCUT2D eigenvalue weighted by Gasteiger charge is -2.26. The van der Waals surface area contributed by atoms with Gasteiger partial charge in [-0.1, -0.05) is 26.7 Å². The average Bonchev–Trinajstić information content (AvgIpc) is 2.29. The van der Waals surface area contributed by atoms with Crippen molar-refractivity contribution >= 4 is 8.80 Å². The topological polar surface area (TPSA) is 39.7 Å². The summed E-state index contributed by atoms with van der Waals surface area (Å²) in [6.07, 6.45) is 4.15. The molecule has 5 heteroatoms. The summed E-state index contributed by atoms with van der Waals surface area (Å²) in [5, 5.41) is 3.22. The maximum absolute atomic E-state index is 5.76. The highest BCUT2D eigenvalue weighted by Crippen LogP contribution is 2.07. The van der Waals surface area contributed by atoms with Crippen LogP contribution in [0.3, 0.4) is 0 Å². The Morgan fingerprint density at radius 2 is 1.73 bits per heavy atom. The van der Waals surface area contributed by atoms with E-state index in [1.54, 1.807) is 14.2 Å². The maximum atomic E-state index is 5.76. The summed E-state index contributed by atoms with van der Waals surface area (Å²) < 4.78 is 16.6. The van der Waals surface area contributed by atoms with Crippen LogP contribution < -0.4 is 5.32 Å². The molecule has 0 aliphatic heterocycles. The first-order valence-corrected chi connectivity index (χ1v) is 7.62. The van der Waals surface area contributed by atoms with E-state index in [0.29, 0.717) is 6.17 Å². The summed E-state index contributed by atoms with van der Waals surface area (Å²) in [5.74, 6) is 0. The van der Waals surface area contributed by atoms with E-state index in [1.807, 2.05) is 0 Å². The first-order chi connectivity index (χ1) is 7.24. The van der Waals surface area contributed by atoms with Crippen molar-refractivity contribution in [3.05, 3.63) is 0 Å². The Labute approximate surface area is 94.7 Å². The minimum absolute atomic E-state index is 0.683. The van der Waals surface area contributed by atoms with Crippen LogP contribution in [0.2, 0.25) is 0 Å². The normalized spacial score (nSPS) is 12.0. The van der Waals surface area contributed by atoms with Crippen molar-refractivity contribution in [1.29, 1.82) is 0 Å². The van der Waals surface area contributed by atoms with Crippen LogP contribution in [0.25, 0.3) is 0 Å². The van der Waals surface area contributed by atoms with Gasteiger partial charge in [0.1, 0.15) is 0 Å². The molecule has 0 radical (unpaired) electrons. The van der Waals surface area contributed by atoms with Crippen molar-refractivity contribution in [2.45, 2.75) is 33.1 Å². The van der Waals surface area contributed by atoms with Crippen molar-refractivity contribution in [2.24, 2.45) is 0 Å². The molecule has 0 saturated heterocycles. The number of hydrogen-bond acceptors (Lipinski definition) is 4. The Bertz CT molecular complexity index is 143. The molecule has 0 spiro atoms. The Balaban J connectivity index is 3.88. The molecule has 0 heterocycles. The third-order valence-electron chi connectivity index (χ3n) is 2.28. The molecule has 15 heavy (non-hydrogen) atoms. The zero-order valence-electron chi connectivity index (χ0n) is 10.5. The summed E-state index contributed by atoms with van der Waals surface area (Å²) in [7, 11) is 0.894.